The van der Waals surface area contributed by atoms with Gasteiger partial charge in [-0.15, -0.1) is 13.2 Å². The summed E-state index contributed by atoms with van der Waals surface area (Å²) in [6.07, 6.45) is 3.29. The van der Waals surface area contributed by atoms with Crippen LogP contribution in [0.1, 0.15) is 13.3 Å². The lowest BCUT2D eigenvalue weighted by Crippen LogP contribution is -2.11. The van der Waals surface area contributed by atoms with Crippen LogP contribution in [-0.4, -0.2) is 35.7 Å². The lowest BCUT2D eigenvalue weighted by Gasteiger charge is -1.93. The van der Waals surface area contributed by atoms with Gasteiger partial charge in [0.25, 0.3) is 0 Å². The summed E-state index contributed by atoms with van der Waals surface area (Å²) >= 11 is 0. The molecule has 1 fully saturated rings. The lowest BCUT2D eigenvalue weighted by atomic mass is 10.3. The van der Waals surface area contributed by atoms with Gasteiger partial charge >= 0.3 is 17.9 Å². The van der Waals surface area contributed by atoms with Crippen molar-refractivity contribution in [1.29, 1.82) is 0 Å². The van der Waals surface area contributed by atoms with E-state index >= 15 is 0 Å². The molecule has 1 aliphatic heterocycles. The van der Waals surface area contributed by atoms with Gasteiger partial charge < -0.3 is 14.6 Å². The molecule has 1 unspecified atom stereocenters. The zero-order chi connectivity index (χ0) is 15.3. The van der Waals surface area contributed by atoms with Gasteiger partial charge in [-0.1, -0.05) is 18.7 Å². The topological polar surface area (TPSA) is 89.9 Å². The van der Waals surface area contributed by atoms with Crippen LogP contribution in [0.15, 0.2) is 38.0 Å². The monoisotopic (exact) mass is 270 g/mol. The second kappa shape index (κ2) is 12.3. The van der Waals surface area contributed by atoms with Gasteiger partial charge in [0.05, 0.1) is 6.42 Å². The molecule has 6 nitrogen and oxygen atoms in total. The van der Waals surface area contributed by atoms with Gasteiger partial charge in [-0.3, -0.25) is 4.79 Å². The number of carbonyl (C=O) groups is 3. The van der Waals surface area contributed by atoms with Crippen molar-refractivity contribution in [3.63, 3.8) is 0 Å². The zero-order valence-electron chi connectivity index (χ0n) is 10.8. The highest BCUT2D eigenvalue weighted by molar-refractivity contribution is 5.95. The molecule has 0 amide bonds. The summed E-state index contributed by atoms with van der Waals surface area (Å²) in [6.45, 7) is 11.4. The molecule has 0 radical (unpaired) electrons. The molecule has 0 spiro atoms. The van der Waals surface area contributed by atoms with E-state index in [1.165, 1.54) is 0 Å². The van der Waals surface area contributed by atoms with Crippen molar-refractivity contribution in [1.82, 2.24) is 0 Å². The van der Waals surface area contributed by atoms with Crippen LogP contribution in [0.25, 0.3) is 0 Å². The van der Waals surface area contributed by atoms with E-state index < -0.39 is 18.0 Å². The molecule has 0 aromatic carbocycles. The van der Waals surface area contributed by atoms with E-state index in [4.69, 9.17) is 5.11 Å². The molecule has 0 aromatic rings. The Labute approximate surface area is 112 Å². The van der Waals surface area contributed by atoms with Gasteiger partial charge in [-0.25, -0.2) is 9.59 Å². The predicted octanol–water partition coefficient (Wildman–Crippen LogP) is 0.915. The summed E-state index contributed by atoms with van der Waals surface area (Å²) in [6, 6.07) is 0. The highest BCUT2D eigenvalue weighted by atomic mass is 16.6. The van der Waals surface area contributed by atoms with Gasteiger partial charge in [0.15, 0.2) is 6.10 Å². The number of rotatable bonds is 3. The molecule has 1 aliphatic rings. The number of allylic oxidation sites excluding steroid dienone is 1. The number of esters is 3. The Morgan fingerprint density at radius 2 is 2.11 bits per heavy atom. The van der Waals surface area contributed by atoms with Crippen molar-refractivity contribution in [2.45, 2.75) is 19.4 Å². The number of aliphatic hydroxyl groups excluding tert-OH is 1. The molecule has 106 valence electrons. The molecule has 0 bridgehead atoms. The predicted molar refractivity (Wildman–Crippen MR) is 68.9 cm³/mol. The second-order valence-electron chi connectivity index (χ2n) is 2.92. The van der Waals surface area contributed by atoms with Crippen molar-refractivity contribution in [3.8, 4) is 0 Å². The third kappa shape index (κ3) is 10.7. The van der Waals surface area contributed by atoms with Gasteiger partial charge in [-0.2, -0.15) is 0 Å². The van der Waals surface area contributed by atoms with E-state index in [1.807, 2.05) is 13.0 Å². The Bertz CT molecular complexity index is 345. The third-order valence-corrected chi connectivity index (χ3v) is 1.57. The van der Waals surface area contributed by atoms with Crippen molar-refractivity contribution < 1.29 is 29.0 Å². The number of aliphatic hydroxyl groups is 1. The maximum Gasteiger partial charge on any atom is 0.343 e. The normalized spacial score (nSPS) is 16.6. The fourth-order valence-electron chi connectivity index (χ4n) is 0.748. The molecule has 1 N–H and O–H groups in total. The summed E-state index contributed by atoms with van der Waals surface area (Å²) in [5, 5.41) is 8.47. The van der Waals surface area contributed by atoms with Crippen LogP contribution >= 0.6 is 0 Å². The van der Waals surface area contributed by atoms with Crippen molar-refractivity contribution in [2.24, 2.45) is 0 Å². The Morgan fingerprint density at radius 1 is 1.53 bits per heavy atom. The minimum Gasteiger partial charge on any atom is -0.458 e. The minimum atomic E-state index is -1.22. The maximum atomic E-state index is 10.3. The van der Waals surface area contributed by atoms with Crippen molar-refractivity contribution >= 4 is 17.9 Å². The molecule has 1 atom stereocenters. The average Bonchev–Trinajstić information content (AvgIpc) is 2.69. The van der Waals surface area contributed by atoms with Gasteiger partial charge in [0.1, 0.15) is 6.61 Å². The van der Waals surface area contributed by atoms with Crippen molar-refractivity contribution in [3.05, 3.63) is 38.0 Å². The third-order valence-electron chi connectivity index (χ3n) is 1.57. The Kier molecular flexibility index (Phi) is 12.3. The number of ether oxygens (including phenoxy) is 2. The molecule has 1 heterocycles. The second-order valence-corrected chi connectivity index (χ2v) is 2.92. The number of hydrogen-bond donors (Lipinski definition) is 1. The molecule has 19 heavy (non-hydrogen) atoms. The summed E-state index contributed by atoms with van der Waals surface area (Å²) in [5.41, 5.74) is 0. The van der Waals surface area contributed by atoms with E-state index in [9.17, 15) is 14.4 Å². The number of cyclic esters (lactones) is 2. The first-order valence-electron chi connectivity index (χ1n) is 5.34. The first-order valence-corrected chi connectivity index (χ1v) is 5.34. The van der Waals surface area contributed by atoms with Gasteiger partial charge in [-0.05, 0) is 6.92 Å². The Hall–Kier alpha value is -2.21. The quantitative estimate of drug-likeness (QED) is 0.355. The van der Waals surface area contributed by atoms with Crippen LogP contribution in [-0.2, 0) is 23.9 Å². The highest BCUT2D eigenvalue weighted by Crippen LogP contribution is 2.05. The summed E-state index contributed by atoms with van der Waals surface area (Å²) in [7, 11) is 0. The summed E-state index contributed by atoms with van der Waals surface area (Å²) in [5.74, 6) is -1.87. The van der Waals surface area contributed by atoms with Crippen LogP contribution in [0.2, 0.25) is 0 Å². The molecule has 1 rings (SSSR count). The van der Waals surface area contributed by atoms with Crippen LogP contribution in [0.4, 0.5) is 0 Å². The van der Waals surface area contributed by atoms with E-state index in [0.29, 0.717) is 6.61 Å². The highest BCUT2D eigenvalue weighted by Gasteiger charge is 2.30. The molecule has 1 saturated heterocycles. The van der Waals surface area contributed by atoms with Crippen LogP contribution in [0.3, 0.4) is 0 Å². The standard InChI is InChI=1S/C7H10O2.C4H4O4.C2H4/c1-3-5-6-9-7(8)4-2;5-2-1-3(6)8-4(2)7;1-2/h3-5H,2,6H2,1H3;2,5H,1H2;1-2H2. The number of hydrogen-bond acceptors (Lipinski definition) is 6. The van der Waals surface area contributed by atoms with E-state index in [0.717, 1.165) is 6.08 Å². The van der Waals surface area contributed by atoms with Crippen LogP contribution < -0.4 is 0 Å². The average molecular weight is 270 g/mol. The van der Waals surface area contributed by atoms with Crippen LogP contribution in [0.5, 0.6) is 0 Å². The molecular formula is C13H18O6. The minimum absolute atomic E-state index is 0.196. The zero-order valence-corrected chi connectivity index (χ0v) is 10.8. The largest absolute Gasteiger partial charge is 0.458 e. The van der Waals surface area contributed by atoms with E-state index in [2.05, 4.69) is 29.2 Å². The van der Waals surface area contributed by atoms with E-state index in [1.54, 1.807) is 6.08 Å². The lowest BCUT2D eigenvalue weighted by molar-refractivity contribution is -0.154. The van der Waals surface area contributed by atoms with Crippen molar-refractivity contribution in [2.75, 3.05) is 6.61 Å². The molecule has 0 aliphatic carbocycles. The number of carbonyl (C=O) groups excluding carboxylic acids is 3. The van der Waals surface area contributed by atoms with Gasteiger partial charge in [0, 0.05) is 6.08 Å². The smallest absolute Gasteiger partial charge is 0.343 e. The molecular weight excluding hydrogens is 252 g/mol. The SMILES string of the molecule is C=C.C=CC(=O)OCC=CC.O=C1CC(O)C(=O)O1. The van der Waals surface area contributed by atoms with Gasteiger partial charge in [0.2, 0.25) is 0 Å². The Morgan fingerprint density at radius 3 is 2.37 bits per heavy atom. The summed E-state index contributed by atoms with van der Waals surface area (Å²) < 4.78 is 8.53. The van der Waals surface area contributed by atoms with Crippen LogP contribution in [0, 0.1) is 0 Å². The maximum absolute atomic E-state index is 10.3. The molecule has 6 heteroatoms. The summed E-state index contributed by atoms with van der Waals surface area (Å²) in [4.78, 5) is 30.5. The fraction of sp³-hybridized carbons (Fsp3) is 0.308. The first kappa shape index (κ1) is 19.1. The Balaban J connectivity index is 0. The first-order chi connectivity index (χ1) is 9.01. The fourth-order valence-corrected chi connectivity index (χ4v) is 0.748. The molecule has 0 saturated carbocycles. The van der Waals surface area contributed by atoms with E-state index in [-0.39, 0.29) is 12.4 Å². The molecule has 0 aromatic heterocycles.